The van der Waals surface area contributed by atoms with Crippen LogP contribution in [0.15, 0.2) is 279 Å². The van der Waals surface area contributed by atoms with Crippen molar-refractivity contribution in [1.82, 2.24) is 39.9 Å². The van der Waals surface area contributed by atoms with Crippen molar-refractivity contribution in [2.75, 3.05) is 26.4 Å². The zero-order valence-corrected chi connectivity index (χ0v) is 79.6. The summed E-state index contributed by atoms with van der Waals surface area (Å²) in [7, 11) is 0. The highest BCUT2D eigenvalue weighted by atomic mass is 16.5. The molecule has 4 aliphatic carbocycles. The lowest BCUT2D eigenvalue weighted by molar-refractivity contribution is -0.126. The molecule has 4 unspecified atom stereocenters. The first kappa shape index (κ1) is 85.6. The SMILES string of the molecule is CCCCOc1c2c(c(OCCCC)c3c1[C@H]1O[C@@H]3C3C1[C@@]1(c4ccccc4)C(=O)[C@]3(c3ccccc3)C(c3ccccc3)=C1c1ccccc1)-c1nc-2nc2[nH]c(nc3nc(nc4[nH]c(n1)c1cc(C(C)(C)C)ccc41)-c1c(OCCCC)c4c(c(OCCCC)c1-3)[C@@H]1O[C@H]4C3C1[C@]1(c4ccccc4)C(=O)[C@@]3(c3ccccc3)C(c3ccccc3)=C1c1ccccc1)c1cc(C(C)(C)C)ccc21. The van der Waals surface area contributed by atoms with Gasteiger partial charge in [0.25, 0.3) is 0 Å². The van der Waals surface area contributed by atoms with E-state index >= 15 is 9.59 Å². The van der Waals surface area contributed by atoms with E-state index in [1.54, 1.807) is 0 Å². The predicted octanol–water partition coefficient (Wildman–Crippen LogP) is 27.1. The van der Waals surface area contributed by atoms with E-state index in [1.807, 2.05) is 0 Å². The van der Waals surface area contributed by atoms with Crippen LogP contribution in [0.1, 0.15) is 223 Å². The molecule has 12 aromatic carbocycles. The maximum absolute atomic E-state index is 18.2. The number of H-pyrrole nitrogens is 2. The quantitative estimate of drug-likeness (QED) is 0.0542. The Morgan fingerprint density at radius 3 is 0.739 bits per heavy atom. The number of Topliss-reactive ketones (excluding diaryl/α,β-unsaturated/α-hetero) is 2. The minimum atomic E-state index is -1.29. The number of ketones is 2. The van der Waals surface area contributed by atoms with Gasteiger partial charge in [-0.2, -0.15) is 0 Å². The zero-order chi connectivity index (χ0) is 93.6. The van der Waals surface area contributed by atoms with E-state index in [-0.39, 0.29) is 22.4 Å². The van der Waals surface area contributed by atoms with Gasteiger partial charge in [0, 0.05) is 67.5 Å². The Balaban J connectivity index is 0.799. The summed E-state index contributed by atoms with van der Waals surface area (Å²) in [6.45, 7) is 23.5. The number of unbranched alkanes of at least 4 members (excludes halogenated alkanes) is 4. The lowest BCUT2D eigenvalue weighted by Crippen LogP contribution is -2.42. The van der Waals surface area contributed by atoms with Crippen LogP contribution in [0.4, 0.5) is 0 Å². The molecule has 16 heteroatoms. The van der Waals surface area contributed by atoms with Crippen LogP contribution in [0.5, 0.6) is 23.0 Å². The van der Waals surface area contributed by atoms with Crippen molar-refractivity contribution >= 4 is 78.0 Å². The second kappa shape index (κ2) is 32.3. The topological polar surface area (TPSA) is 198 Å². The van der Waals surface area contributed by atoms with Crippen molar-refractivity contribution in [2.45, 2.75) is 178 Å². The summed E-state index contributed by atoms with van der Waals surface area (Å²) in [4.78, 5) is 80.2. The number of benzene rings is 12. The fraction of sp³-hybridized carbons (Fsp3) is 0.295. The van der Waals surface area contributed by atoms with Crippen LogP contribution < -0.4 is 18.9 Å². The molecule has 2 N–H and O–H groups in total. The van der Waals surface area contributed by atoms with Gasteiger partial charge in [-0.15, -0.1) is 0 Å². The third-order valence-electron chi connectivity index (χ3n) is 31.9. The highest BCUT2D eigenvalue weighted by Gasteiger charge is 2.85. The summed E-state index contributed by atoms with van der Waals surface area (Å²) in [5.41, 5.74) is 15.4. The highest BCUT2D eigenvalue weighted by molar-refractivity contribution is 6.32. The number of hydrogen-bond acceptors (Lipinski definition) is 14. The van der Waals surface area contributed by atoms with Crippen LogP contribution in [-0.4, -0.2) is 77.9 Å². The van der Waals surface area contributed by atoms with Crippen LogP contribution in [0.25, 0.3) is 112 Å². The fourth-order valence-electron chi connectivity index (χ4n) is 26.3. The second-order valence-corrected chi connectivity index (χ2v) is 41.3. The van der Waals surface area contributed by atoms with Crippen LogP contribution in [0, 0.1) is 23.7 Å². The first-order valence-electron chi connectivity index (χ1n) is 49.9. The fourth-order valence-corrected chi connectivity index (χ4v) is 26.3. The molecule has 16 bridgehead atoms. The molecule has 138 heavy (non-hydrogen) atoms. The first-order chi connectivity index (χ1) is 67.4. The molecule has 0 radical (unpaired) electrons. The number of nitrogens with one attached hydrogen (secondary N) is 2. The van der Waals surface area contributed by atoms with Crippen molar-refractivity contribution in [2.24, 2.45) is 23.7 Å². The smallest absolute Gasteiger partial charge is 0.168 e. The number of ether oxygens (including phenoxy) is 6. The number of fused-ring (bicyclic) bond motifs is 44. The molecule has 2 saturated heterocycles. The molecular formula is C122H110N8O8. The number of allylic oxidation sites excluding steroid dienone is 4. The van der Waals surface area contributed by atoms with Gasteiger partial charge in [0.1, 0.15) is 45.6 Å². The van der Waals surface area contributed by atoms with E-state index in [4.69, 9.17) is 58.3 Å². The van der Waals surface area contributed by atoms with Gasteiger partial charge in [-0.3, -0.25) is 9.59 Å². The molecule has 16 nitrogen and oxygen atoms in total. The van der Waals surface area contributed by atoms with Crippen molar-refractivity contribution in [1.29, 1.82) is 0 Å². The molecule has 0 amide bonds. The Morgan fingerprint density at radius 1 is 0.290 bits per heavy atom. The number of aromatic amines is 2. The number of aromatic nitrogens is 8. The van der Waals surface area contributed by atoms with Crippen molar-refractivity contribution in [3.8, 4) is 68.5 Å². The average molecular weight is 1820 g/mol. The number of carbonyl (C=O) groups is 2. The Morgan fingerprint density at radius 2 is 0.514 bits per heavy atom. The predicted molar refractivity (Wildman–Crippen MR) is 544 cm³/mol. The molecule has 10 aliphatic rings. The van der Waals surface area contributed by atoms with Gasteiger partial charge >= 0.3 is 0 Å². The van der Waals surface area contributed by atoms with Crippen LogP contribution in [0.3, 0.4) is 0 Å². The molecule has 15 aromatic rings. The first-order valence-corrected chi connectivity index (χ1v) is 49.9. The van der Waals surface area contributed by atoms with Crippen LogP contribution in [-0.2, 0) is 51.6 Å². The normalized spacial score (nSPS) is 23.5. The Hall–Kier alpha value is -14.1. The maximum Gasteiger partial charge on any atom is 0.168 e. The van der Waals surface area contributed by atoms with E-state index in [0.717, 1.165) is 173 Å². The molecule has 3 aromatic heterocycles. The van der Waals surface area contributed by atoms with Gasteiger partial charge < -0.3 is 38.4 Å². The van der Waals surface area contributed by atoms with Gasteiger partial charge in [0.05, 0.1) is 94.8 Å². The van der Waals surface area contributed by atoms with E-state index in [2.05, 4.69) is 358 Å². The van der Waals surface area contributed by atoms with Crippen LogP contribution >= 0.6 is 0 Å². The summed E-state index contributed by atoms with van der Waals surface area (Å²) in [6.07, 6.45) is 3.25. The third-order valence-corrected chi connectivity index (χ3v) is 31.9. The monoisotopic (exact) mass is 1810 g/mol. The van der Waals surface area contributed by atoms with E-state index in [0.29, 0.717) is 118 Å². The Labute approximate surface area is 803 Å². The van der Waals surface area contributed by atoms with E-state index in [1.165, 1.54) is 0 Å². The van der Waals surface area contributed by atoms with Crippen molar-refractivity contribution in [3.63, 3.8) is 0 Å². The highest BCUT2D eigenvalue weighted by Crippen LogP contribution is 2.86. The van der Waals surface area contributed by atoms with Crippen molar-refractivity contribution in [3.05, 3.63) is 357 Å². The molecule has 25 rings (SSSR count). The molecular weight excluding hydrogens is 1710 g/mol. The summed E-state index contributed by atoms with van der Waals surface area (Å²) < 4.78 is 47.5. The lowest BCUT2D eigenvalue weighted by atomic mass is 9.54. The summed E-state index contributed by atoms with van der Waals surface area (Å²) in [5, 5.41) is 3.13. The molecule has 4 fully saturated rings. The lowest BCUT2D eigenvalue weighted by Gasteiger charge is -2.45. The second-order valence-electron chi connectivity index (χ2n) is 41.3. The molecule has 686 valence electrons. The summed E-state index contributed by atoms with van der Waals surface area (Å²) in [5.74, 6) is 1.85. The minimum absolute atomic E-state index is 0.122. The number of carbonyl (C=O) groups excluding carboxylic acids is 2. The van der Waals surface area contributed by atoms with Gasteiger partial charge in [-0.1, -0.05) is 362 Å². The largest absolute Gasteiger partial charge is 0.492 e. The van der Waals surface area contributed by atoms with Gasteiger partial charge in [0.15, 0.2) is 34.9 Å². The molecule has 0 spiro atoms. The maximum atomic E-state index is 18.2. The summed E-state index contributed by atoms with van der Waals surface area (Å²) >= 11 is 0. The van der Waals surface area contributed by atoms with Gasteiger partial charge in [-0.25, -0.2) is 29.9 Å². The number of hydrogen-bond donors (Lipinski definition) is 2. The zero-order valence-electron chi connectivity index (χ0n) is 79.6. The molecule has 6 aliphatic heterocycles. The number of nitrogens with zero attached hydrogens (tertiary/aromatic N) is 6. The number of rotatable bonds is 24. The Bertz CT molecular complexity index is 7310. The summed E-state index contributed by atoms with van der Waals surface area (Å²) in [6, 6.07) is 98.0. The van der Waals surface area contributed by atoms with Crippen molar-refractivity contribution < 1.29 is 38.0 Å². The average Bonchev–Trinajstić information content (AvgIpc) is 1.45. The van der Waals surface area contributed by atoms with E-state index < -0.39 is 69.7 Å². The van der Waals surface area contributed by atoms with Gasteiger partial charge in [0.2, 0.25) is 0 Å². The van der Waals surface area contributed by atoms with E-state index in [9.17, 15) is 0 Å². The Kier molecular flexibility index (Phi) is 20.0. The van der Waals surface area contributed by atoms with Gasteiger partial charge in [-0.05, 0) is 127 Å². The third kappa shape index (κ3) is 11.9. The standard InChI is InChI=1S/C122H110N8O8/c1-11-15-63-133-99-83-85(105-97-95(103(83)137-105)119(73-51-35-23-36-52-73)91(69-43-27-19-28-44-69)93(71-47-31-21-32-48-71)121(97,115(119)131)75-55-39-25-40-56-75)101(135-65-17-13-3)89-87(99)111-125-107-79-61-59-77(117(5,6)7)67-81(79)110(123-107)128-114-90-88(112(130-114)126-108-80-62-60-78(118(8,9)10)68-82(80)109(124-108)127-113(89)129-111)100(134-64-16-12-2)84-86(102(90)136-66-18-14-4)106-98-96(104(84)138-106)120(74-53-37-24-38-54-74)92(70-45-29-20-30-46-70)94(72-49-33-22-34-50-72)122(98,116(120)132)76-57-41-26-42-58-76/h19-62,67-68,95-98,103-106H,11-18,63-66H2,1-10H3,(H2,123,124,125,126,127,128,129,130)/t95?,96?,97?,98?,103-,104-,105+,106+,119+,120+,121-,122-/m1/s1. The minimum Gasteiger partial charge on any atom is -0.492 e. The molecule has 12 atom stereocenters. The van der Waals surface area contributed by atoms with Crippen LogP contribution in [0.2, 0.25) is 0 Å². The molecule has 9 heterocycles. The molecule has 2 saturated carbocycles.